The Hall–Kier alpha value is -1.60. The molecule has 26 heavy (non-hydrogen) atoms. The highest BCUT2D eigenvalue weighted by Gasteiger charge is 2.24. The van der Waals surface area contributed by atoms with Gasteiger partial charge in [0.2, 0.25) is 10.0 Å². The molecule has 0 amide bonds. The maximum atomic E-state index is 12.1. The van der Waals surface area contributed by atoms with Gasteiger partial charge in [0.05, 0.1) is 11.4 Å². The third-order valence-electron chi connectivity index (χ3n) is 4.62. The number of benzene rings is 1. The molecule has 2 unspecified atom stereocenters. The molecule has 1 aromatic rings. The predicted octanol–water partition coefficient (Wildman–Crippen LogP) is 2.38. The molecule has 6 nitrogen and oxygen atoms in total. The second kappa shape index (κ2) is 8.86. The lowest BCUT2D eigenvalue weighted by Gasteiger charge is -2.37. The van der Waals surface area contributed by atoms with Gasteiger partial charge in [-0.2, -0.15) is 0 Å². The summed E-state index contributed by atoms with van der Waals surface area (Å²) in [6.07, 6.45) is 1.26. The van der Waals surface area contributed by atoms with E-state index in [1.807, 2.05) is 12.1 Å². The van der Waals surface area contributed by atoms with Crippen LogP contribution in [0.2, 0.25) is 0 Å². The fraction of sp³-hybridized carbons (Fsp3) is 0.632. The van der Waals surface area contributed by atoms with Gasteiger partial charge in [0.15, 0.2) is 5.96 Å². The molecule has 1 N–H and O–H groups in total. The largest absolute Gasteiger partial charge is 0.357 e. The van der Waals surface area contributed by atoms with Crippen LogP contribution in [0, 0.1) is 11.8 Å². The summed E-state index contributed by atoms with van der Waals surface area (Å²) in [5, 5.41) is 3.39. The minimum atomic E-state index is -3.39. The smallest absolute Gasteiger partial charge is 0.242 e. The number of nitrogens with zero attached hydrogens (tertiary/aromatic N) is 3. The van der Waals surface area contributed by atoms with Gasteiger partial charge in [-0.05, 0) is 42.9 Å². The lowest BCUT2D eigenvalue weighted by atomic mass is 9.92. The van der Waals surface area contributed by atoms with Crippen LogP contribution in [0.1, 0.15) is 32.8 Å². The van der Waals surface area contributed by atoms with Crippen LogP contribution in [0.3, 0.4) is 0 Å². The predicted molar refractivity (Wildman–Crippen MR) is 107 cm³/mol. The molecule has 1 fully saturated rings. The van der Waals surface area contributed by atoms with E-state index in [4.69, 9.17) is 4.99 Å². The average molecular weight is 381 g/mol. The van der Waals surface area contributed by atoms with Crippen LogP contribution in [0.5, 0.6) is 0 Å². The lowest BCUT2D eigenvalue weighted by Crippen LogP contribution is -2.48. The zero-order valence-electron chi connectivity index (χ0n) is 16.6. The molecule has 0 spiro atoms. The number of aliphatic imine (C=N–C) groups is 1. The Labute approximate surface area is 158 Å². The fourth-order valence-electron chi connectivity index (χ4n) is 3.41. The highest BCUT2D eigenvalue weighted by atomic mass is 32.2. The summed E-state index contributed by atoms with van der Waals surface area (Å²) in [6, 6.07) is 6.98. The van der Waals surface area contributed by atoms with E-state index < -0.39 is 10.0 Å². The highest BCUT2D eigenvalue weighted by Crippen LogP contribution is 2.21. The van der Waals surface area contributed by atoms with Gasteiger partial charge in [-0.15, -0.1) is 0 Å². The molecule has 0 saturated carbocycles. The number of nitrogens with one attached hydrogen (secondary N) is 1. The first-order chi connectivity index (χ1) is 12.2. The van der Waals surface area contributed by atoms with E-state index in [2.05, 4.69) is 31.0 Å². The Balaban J connectivity index is 2.12. The molecule has 146 valence electrons. The van der Waals surface area contributed by atoms with Crippen LogP contribution in [0.15, 0.2) is 34.2 Å². The van der Waals surface area contributed by atoms with Crippen molar-refractivity contribution >= 4 is 16.0 Å². The molecular weight excluding hydrogens is 348 g/mol. The first-order valence-electron chi connectivity index (χ1n) is 9.28. The second-order valence-electron chi connectivity index (χ2n) is 7.45. The third kappa shape index (κ3) is 5.20. The molecule has 2 atom stereocenters. The molecule has 0 bridgehead atoms. The summed E-state index contributed by atoms with van der Waals surface area (Å²) in [6.45, 7) is 10.1. The van der Waals surface area contributed by atoms with Crippen molar-refractivity contribution in [3.05, 3.63) is 29.8 Å². The summed E-state index contributed by atoms with van der Waals surface area (Å²) in [4.78, 5) is 7.42. The topological polar surface area (TPSA) is 65.0 Å². The fourth-order valence-corrected chi connectivity index (χ4v) is 4.31. The van der Waals surface area contributed by atoms with Crippen LogP contribution in [-0.2, 0) is 16.6 Å². The van der Waals surface area contributed by atoms with Gasteiger partial charge in [0.1, 0.15) is 0 Å². The van der Waals surface area contributed by atoms with Gasteiger partial charge >= 0.3 is 0 Å². The molecule has 7 heteroatoms. The van der Waals surface area contributed by atoms with Gasteiger partial charge < -0.3 is 10.2 Å². The standard InChI is InChI=1S/C19H32N4O2S/c1-6-20-19(23-13-15(2)11-16(3)14-23)21-12-17-7-9-18(10-8-17)26(24,25)22(4)5/h7-10,15-16H,6,11-14H2,1-5H3,(H,20,21). The molecule has 2 rings (SSSR count). The van der Waals surface area contributed by atoms with Crippen LogP contribution in [0.25, 0.3) is 0 Å². The van der Waals surface area contributed by atoms with Crippen LogP contribution >= 0.6 is 0 Å². The molecule has 0 aliphatic carbocycles. The SMILES string of the molecule is CCNC(=NCc1ccc(S(=O)(=O)N(C)C)cc1)N1CC(C)CC(C)C1. The van der Waals surface area contributed by atoms with E-state index in [1.165, 1.54) is 24.8 Å². The van der Waals surface area contributed by atoms with Gasteiger partial charge in [-0.1, -0.05) is 26.0 Å². The number of likely N-dealkylation sites (tertiary alicyclic amines) is 1. The summed E-state index contributed by atoms with van der Waals surface area (Å²) < 4.78 is 25.5. The van der Waals surface area contributed by atoms with Gasteiger partial charge in [-0.25, -0.2) is 17.7 Å². The van der Waals surface area contributed by atoms with E-state index in [0.717, 1.165) is 31.2 Å². The number of guanidine groups is 1. The monoisotopic (exact) mass is 380 g/mol. The second-order valence-corrected chi connectivity index (χ2v) is 9.60. The minimum absolute atomic E-state index is 0.306. The molecular formula is C19H32N4O2S. The van der Waals surface area contributed by atoms with Crippen LogP contribution in [0.4, 0.5) is 0 Å². The molecule has 1 saturated heterocycles. The van der Waals surface area contributed by atoms with Crippen molar-refractivity contribution < 1.29 is 8.42 Å². The zero-order valence-corrected chi connectivity index (χ0v) is 17.4. The number of sulfonamides is 1. The molecule has 1 aromatic carbocycles. The first kappa shape index (κ1) is 20.7. The summed E-state index contributed by atoms with van der Waals surface area (Å²) in [5.41, 5.74) is 0.996. The van der Waals surface area contributed by atoms with Crippen molar-refractivity contribution in [3.63, 3.8) is 0 Å². The molecule has 1 aliphatic rings. The Morgan fingerprint density at radius 1 is 1.19 bits per heavy atom. The number of hydrogen-bond donors (Lipinski definition) is 1. The molecule has 0 aromatic heterocycles. The number of hydrogen-bond acceptors (Lipinski definition) is 3. The zero-order chi connectivity index (χ0) is 19.3. The third-order valence-corrected chi connectivity index (χ3v) is 6.45. The van der Waals surface area contributed by atoms with Crippen molar-refractivity contribution in [1.82, 2.24) is 14.5 Å². The van der Waals surface area contributed by atoms with Crippen LogP contribution in [-0.4, -0.2) is 57.3 Å². The normalized spacial score (nSPS) is 21.9. The minimum Gasteiger partial charge on any atom is -0.357 e. The van der Waals surface area contributed by atoms with Crippen LogP contribution < -0.4 is 5.32 Å². The summed E-state index contributed by atoms with van der Waals surface area (Å²) in [7, 11) is -0.309. The van der Waals surface area contributed by atoms with E-state index in [-0.39, 0.29) is 0 Å². The molecule has 1 heterocycles. The van der Waals surface area contributed by atoms with Crippen molar-refractivity contribution in [1.29, 1.82) is 0 Å². The number of piperidine rings is 1. The quantitative estimate of drug-likeness (QED) is 0.629. The van der Waals surface area contributed by atoms with E-state index >= 15 is 0 Å². The van der Waals surface area contributed by atoms with Crippen molar-refractivity contribution in [2.45, 2.75) is 38.6 Å². The summed E-state index contributed by atoms with van der Waals surface area (Å²) >= 11 is 0. The maximum absolute atomic E-state index is 12.1. The summed E-state index contributed by atoms with van der Waals surface area (Å²) in [5.74, 6) is 2.27. The van der Waals surface area contributed by atoms with Crippen molar-refractivity contribution in [3.8, 4) is 0 Å². The van der Waals surface area contributed by atoms with Gasteiger partial charge in [0.25, 0.3) is 0 Å². The highest BCUT2D eigenvalue weighted by molar-refractivity contribution is 7.89. The Morgan fingerprint density at radius 3 is 2.27 bits per heavy atom. The van der Waals surface area contributed by atoms with Crippen molar-refractivity contribution in [2.75, 3.05) is 33.7 Å². The van der Waals surface area contributed by atoms with Gasteiger partial charge in [-0.3, -0.25) is 0 Å². The van der Waals surface area contributed by atoms with E-state index in [9.17, 15) is 8.42 Å². The molecule has 1 aliphatic heterocycles. The van der Waals surface area contributed by atoms with E-state index in [0.29, 0.717) is 23.3 Å². The Morgan fingerprint density at radius 2 is 1.77 bits per heavy atom. The van der Waals surface area contributed by atoms with Crippen molar-refractivity contribution in [2.24, 2.45) is 16.8 Å². The molecule has 0 radical (unpaired) electrons. The lowest BCUT2D eigenvalue weighted by molar-refractivity contribution is 0.208. The first-order valence-corrected chi connectivity index (χ1v) is 10.7. The maximum Gasteiger partial charge on any atom is 0.242 e. The number of rotatable bonds is 5. The van der Waals surface area contributed by atoms with E-state index in [1.54, 1.807) is 12.1 Å². The Kier molecular flexibility index (Phi) is 7.06. The van der Waals surface area contributed by atoms with Gasteiger partial charge in [0, 0.05) is 33.7 Å². The Bertz CT molecular complexity index is 704. The average Bonchev–Trinajstić information content (AvgIpc) is 2.58.